The lowest BCUT2D eigenvalue weighted by Gasteiger charge is -2.05. The van der Waals surface area contributed by atoms with Gasteiger partial charge in [0.1, 0.15) is 18.0 Å². The van der Waals surface area contributed by atoms with Crippen LogP contribution in [0.15, 0.2) is 90.0 Å². The van der Waals surface area contributed by atoms with Crippen LogP contribution in [0.4, 0.5) is 0 Å². The van der Waals surface area contributed by atoms with E-state index in [0.717, 1.165) is 16.9 Å². The van der Waals surface area contributed by atoms with Crippen LogP contribution in [-0.2, 0) is 11.3 Å². The van der Waals surface area contributed by atoms with Crippen LogP contribution in [0.25, 0.3) is 11.4 Å². The first kappa shape index (κ1) is 19.0. The number of amides is 1. The molecule has 8 nitrogen and oxygen atoms in total. The number of hydrogen-bond donors (Lipinski definition) is 1. The van der Waals surface area contributed by atoms with Gasteiger partial charge in [0, 0.05) is 5.56 Å². The Morgan fingerprint density at radius 2 is 1.70 bits per heavy atom. The van der Waals surface area contributed by atoms with E-state index in [1.165, 1.54) is 4.80 Å². The lowest BCUT2D eigenvalue weighted by atomic mass is 10.2. The smallest absolute Gasteiger partial charge is 0.263 e. The molecule has 0 saturated carbocycles. The van der Waals surface area contributed by atoms with Gasteiger partial charge in [-0.25, -0.2) is 5.43 Å². The molecule has 1 N–H and O–H groups in total. The van der Waals surface area contributed by atoms with Crippen molar-refractivity contribution in [1.82, 2.24) is 25.6 Å². The Balaban J connectivity index is 1.32. The average Bonchev–Trinajstić information content (AvgIpc) is 3.24. The molecule has 1 amide bonds. The van der Waals surface area contributed by atoms with Gasteiger partial charge in [-0.2, -0.15) is 9.90 Å². The zero-order valence-corrected chi connectivity index (χ0v) is 15.9. The number of benzene rings is 3. The highest BCUT2D eigenvalue weighted by atomic mass is 16.5. The molecule has 30 heavy (non-hydrogen) atoms. The molecule has 0 radical (unpaired) electrons. The number of rotatable bonds is 7. The number of hydrazone groups is 1. The summed E-state index contributed by atoms with van der Waals surface area (Å²) < 4.78 is 5.79. The minimum atomic E-state index is -0.361. The Morgan fingerprint density at radius 1 is 0.967 bits per heavy atom. The monoisotopic (exact) mass is 398 g/mol. The van der Waals surface area contributed by atoms with Gasteiger partial charge in [-0.3, -0.25) is 4.79 Å². The molecule has 1 aromatic heterocycles. The summed E-state index contributed by atoms with van der Waals surface area (Å²) in [5, 5.41) is 16.0. The van der Waals surface area contributed by atoms with Crippen molar-refractivity contribution in [2.24, 2.45) is 5.10 Å². The molecule has 148 valence electrons. The van der Waals surface area contributed by atoms with E-state index < -0.39 is 0 Å². The number of ether oxygens (including phenoxy) is 1. The molecule has 1 heterocycles. The van der Waals surface area contributed by atoms with E-state index in [-0.39, 0.29) is 12.5 Å². The van der Waals surface area contributed by atoms with Crippen molar-refractivity contribution in [3.8, 4) is 22.9 Å². The van der Waals surface area contributed by atoms with E-state index >= 15 is 0 Å². The number of carbonyl (C=O) groups excluding carboxylic acids is 1. The molecule has 0 saturated heterocycles. The van der Waals surface area contributed by atoms with E-state index in [1.807, 2.05) is 84.9 Å². The third-order valence-electron chi connectivity index (χ3n) is 4.01. The van der Waals surface area contributed by atoms with Gasteiger partial charge in [0.2, 0.25) is 5.82 Å². The molecule has 4 aromatic rings. The Hall–Kier alpha value is -4.33. The number of nitrogens with zero attached hydrogens (tertiary/aromatic N) is 5. The quantitative estimate of drug-likeness (QED) is 0.381. The lowest BCUT2D eigenvalue weighted by molar-refractivity contribution is -0.122. The van der Waals surface area contributed by atoms with Crippen molar-refractivity contribution in [1.29, 1.82) is 0 Å². The third kappa shape index (κ3) is 5.14. The molecule has 8 heteroatoms. The van der Waals surface area contributed by atoms with Crippen LogP contribution >= 0.6 is 0 Å². The predicted molar refractivity (Wildman–Crippen MR) is 112 cm³/mol. The van der Waals surface area contributed by atoms with Crippen LogP contribution < -0.4 is 10.2 Å². The van der Waals surface area contributed by atoms with Crippen molar-refractivity contribution in [2.75, 3.05) is 0 Å². The molecular formula is C22H18N6O2. The van der Waals surface area contributed by atoms with Gasteiger partial charge in [0.05, 0.1) is 6.21 Å². The molecule has 0 aliphatic carbocycles. The van der Waals surface area contributed by atoms with Crippen LogP contribution in [0, 0.1) is 0 Å². The molecule has 4 rings (SSSR count). The highest BCUT2D eigenvalue weighted by Gasteiger charge is 2.08. The van der Waals surface area contributed by atoms with E-state index in [1.54, 1.807) is 6.21 Å². The van der Waals surface area contributed by atoms with Crippen LogP contribution in [0.3, 0.4) is 0 Å². The molecule has 3 aromatic carbocycles. The molecule has 0 fully saturated rings. The van der Waals surface area contributed by atoms with Gasteiger partial charge >= 0.3 is 0 Å². The predicted octanol–water partition coefficient (Wildman–Crippen LogP) is 3.28. The molecule has 0 atom stereocenters. The summed E-state index contributed by atoms with van der Waals surface area (Å²) in [6.07, 6.45) is 1.54. The maximum absolute atomic E-state index is 12.1. The van der Waals surface area contributed by atoms with Gasteiger partial charge in [0.15, 0.2) is 0 Å². The second kappa shape index (κ2) is 9.24. The van der Waals surface area contributed by atoms with Crippen molar-refractivity contribution in [3.63, 3.8) is 0 Å². The summed E-state index contributed by atoms with van der Waals surface area (Å²) in [4.78, 5) is 13.3. The number of carbonyl (C=O) groups is 1. The first-order valence-corrected chi connectivity index (χ1v) is 9.24. The van der Waals surface area contributed by atoms with E-state index in [9.17, 15) is 4.79 Å². The molecule has 0 spiro atoms. The Bertz CT molecular complexity index is 1140. The first-order chi connectivity index (χ1) is 14.8. The fraction of sp³-hybridized carbons (Fsp3) is 0.0455. The Kier molecular flexibility index (Phi) is 5.86. The normalized spacial score (nSPS) is 10.8. The summed E-state index contributed by atoms with van der Waals surface area (Å²) in [7, 11) is 0. The minimum absolute atomic E-state index is 0.0890. The number of para-hydroxylation sites is 1. The Labute approximate surface area is 172 Å². The lowest BCUT2D eigenvalue weighted by Crippen LogP contribution is -2.24. The fourth-order valence-electron chi connectivity index (χ4n) is 2.64. The topological polar surface area (TPSA) is 94.3 Å². The van der Waals surface area contributed by atoms with E-state index in [4.69, 9.17) is 4.74 Å². The Morgan fingerprint density at radius 3 is 2.50 bits per heavy atom. The second-order valence-electron chi connectivity index (χ2n) is 6.29. The van der Waals surface area contributed by atoms with Gasteiger partial charge in [-0.1, -0.05) is 60.7 Å². The number of hydrogen-bond acceptors (Lipinski definition) is 6. The minimum Gasteiger partial charge on any atom is -0.457 e. The average molecular weight is 398 g/mol. The SMILES string of the molecule is O=C(Cn1nnc(-c2ccccc2)n1)N/N=C\c1cccc(Oc2ccccc2)c1. The molecule has 0 aliphatic rings. The highest BCUT2D eigenvalue weighted by Crippen LogP contribution is 2.21. The first-order valence-electron chi connectivity index (χ1n) is 9.24. The standard InChI is InChI=1S/C22H18N6O2/c29-21(16-28-26-22(25-27-28)18-9-3-1-4-10-18)24-23-15-17-8-7-13-20(14-17)30-19-11-5-2-6-12-19/h1-15H,16H2,(H,24,29)/b23-15-. The van der Waals surface area contributed by atoms with Crippen molar-refractivity contribution in [3.05, 3.63) is 90.5 Å². The van der Waals surface area contributed by atoms with Gasteiger partial charge in [-0.05, 0) is 35.0 Å². The summed E-state index contributed by atoms with van der Waals surface area (Å²) in [6.45, 7) is -0.0890. The van der Waals surface area contributed by atoms with Gasteiger partial charge in [0.25, 0.3) is 5.91 Å². The largest absolute Gasteiger partial charge is 0.457 e. The zero-order chi connectivity index (χ0) is 20.6. The van der Waals surface area contributed by atoms with Crippen LogP contribution in [-0.4, -0.2) is 32.3 Å². The van der Waals surface area contributed by atoms with Crippen molar-refractivity contribution in [2.45, 2.75) is 6.54 Å². The number of tetrazole rings is 1. The van der Waals surface area contributed by atoms with E-state index in [2.05, 4.69) is 25.9 Å². The van der Waals surface area contributed by atoms with Crippen LogP contribution in [0.1, 0.15) is 5.56 Å². The third-order valence-corrected chi connectivity index (χ3v) is 4.01. The molecule has 0 aliphatic heterocycles. The molecular weight excluding hydrogens is 380 g/mol. The zero-order valence-electron chi connectivity index (χ0n) is 15.9. The molecule has 0 bridgehead atoms. The van der Waals surface area contributed by atoms with Crippen molar-refractivity contribution >= 4 is 12.1 Å². The van der Waals surface area contributed by atoms with Crippen LogP contribution in [0.5, 0.6) is 11.5 Å². The maximum atomic E-state index is 12.1. The van der Waals surface area contributed by atoms with Gasteiger partial charge in [-0.15, -0.1) is 10.2 Å². The van der Waals surface area contributed by atoms with Gasteiger partial charge < -0.3 is 4.74 Å². The van der Waals surface area contributed by atoms with E-state index in [0.29, 0.717) is 11.6 Å². The van der Waals surface area contributed by atoms with Crippen molar-refractivity contribution < 1.29 is 9.53 Å². The summed E-state index contributed by atoms with van der Waals surface area (Å²) in [6, 6.07) is 26.3. The van der Waals surface area contributed by atoms with Crippen LogP contribution in [0.2, 0.25) is 0 Å². The summed E-state index contributed by atoms with van der Waals surface area (Å²) in [5.74, 6) is 1.52. The molecule has 0 unspecified atom stereocenters. The fourth-order valence-corrected chi connectivity index (χ4v) is 2.64. The number of aromatic nitrogens is 4. The summed E-state index contributed by atoms with van der Waals surface area (Å²) in [5.41, 5.74) is 4.08. The summed E-state index contributed by atoms with van der Waals surface area (Å²) >= 11 is 0. The highest BCUT2D eigenvalue weighted by molar-refractivity contribution is 5.82. The maximum Gasteiger partial charge on any atom is 0.263 e. The second-order valence-corrected chi connectivity index (χ2v) is 6.29. The number of nitrogens with one attached hydrogen (secondary N) is 1.